The number of aliphatic hydroxyl groups is 1. The Bertz CT molecular complexity index is 460. The minimum atomic E-state index is -1.02. The van der Waals surface area contributed by atoms with E-state index >= 15 is 0 Å². The summed E-state index contributed by atoms with van der Waals surface area (Å²) in [4.78, 5) is 12.1. The number of rotatable bonds is 2. The average molecular weight is 315 g/mol. The van der Waals surface area contributed by atoms with Crippen LogP contribution in [0.3, 0.4) is 0 Å². The van der Waals surface area contributed by atoms with E-state index < -0.39 is 11.4 Å². The molecule has 0 fully saturated rings. The molecule has 0 bridgehead atoms. The van der Waals surface area contributed by atoms with Crippen LogP contribution in [0.1, 0.15) is 17.5 Å². The van der Waals surface area contributed by atoms with Crippen LogP contribution in [0.5, 0.6) is 0 Å². The van der Waals surface area contributed by atoms with Gasteiger partial charge in [0.2, 0.25) is 0 Å². The van der Waals surface area contributed by atoms with Crippen molar-refractivity contribution < 1.29 is 19.4 Å². The van der Waals surface area contributed by atoms with Crippen molar-refractivity contribution in [3.8, 4) is 0 Å². The van der Waals surface area contributed by atoms with Crippen LogP contribution < -0.4 is 0 Å². The second-order valence-electron chi connectivity index (χ2n) is 4.34. The normalized spacial score (nSPS) is 23.1. The monoisotopic (exact) mass is 314 g/mol. The minimum absolute atomic E-state index is 0.285. The summed E-state index contributed by atoms with van der Waals surface area (Å²) < 4.78 is 11.2. The molecule has 0 saturated heterocycles. The lowest BCUT2D eigenvalue weighted by atomic mass is 9.77. The summed E-state index contributed by atoms with van der Waals surface area (Å²) in [6, 6.07) is 5.65. The first-order chi connectivity index (χ1) is 8.64. The molecule has 0 spiro atoms. The zero-order chi connectivity index (χ0) is 13.2. The molecule has 1 aliphatic heterocycles. The Labute approximate surface area is 114 Å². The van der Waals surface area contributed by atoms with Gasteiger partial charge in [-0.1, -0.05) is 22.0 Å². The Morgan fingerprint density at radius 1 is 1.61 bits per heavy atom. The molecule has 4 nitrogen and oxygen atoms in total. The van der Waals surface area contributed by atoms with Gasteiger partial charge in [-0.3, -0.25) is 4.79 Å². The van der Waals surface area contributed by atoms with Gasteiger partial charge in [0.25, 0.3) is 0 Å². The van der Waals surface area contributed by atoms with Crippen LogP contribution in [0, 0.1) is 0 Å². The first kappa shape index (κ1) is 13.5. The van der Waals surface area contributed by atoms with E-state index in [1.165, 1.54) is 7.11 Å². The van der Waals surface area contributed by atoms with Crippen LogP contribution in [0.15, 0.2) is 22.7 Å². The highest BCUT2D eigenvalue weighted by atomic mass is 79.9. The molecule has 98 valence electrons. The molecule has 1 heterocycles. The zero-order valence-corrected chi connectivity index (χ0v) is 11.7. The van der Waals surface area contributed by atoms with E-state index in [9.17, 15) is 9.90 Å². The van der Waals surface area contributed by atoms with Gasteiger partial charge in [-0.05, 0) is 29.7 Å². The van der Waals surface area contributed by atoms with Crippen LogP contribution >= 0.6 is 15.9 Å². The highest BCUT2D eigenvalue weighted by Crippen LogP contribution is 2.36. The molecule has 1 atom stereocenters. The Hall–Kier alpha value is -0.910. The van der Waals surface area contributed by atoms with Gasteiger partial charge in [0.15, 0.2) is 0 Å². The third kappa shape index (κ3) is 2.18. The largest absolute Gasteiger partial charge is 0.468 e. The topological polar surface area (TPSA) is 55.8 Å². The van der Waals surface area contributed by atoms with E-state index in [-0.39, 0.29) is 6.61 Å². The number of ether oxygens (including phenoxy) is 2. The first-order valence-electron chi connectivity index (χ1n) is 5.70. The highest BCUT2D eigenvalue weighted by molar-refractivity contribution is 9.10. The maximum atomic E-state index is 12.1. The van der Waals surface area contributed by atoms with E-state index in [1.807, 2.05) is 18.2 Å². The van der Waals surface area contributed by atoms with Gasteiger partial charge in [0.1, 0.15) is 5.41 Å². The van der Waals surface area contributed by atoms with Gasteiger partial charge >= 0.3 is 5.97 Å². The molecule has 0 radical (unpaired) electrons. The number of benzene rings is 1. The fraction of sp³-hybridized carbons (Fsp3) is 0.462. The van der Waals surface area contributed by atoms with Gasteiger partial charge in [-0.15, -0.1) is 0 Å². The van der Waals surface area contributed by atoms with Gasteiger partial charge in [0, 0.05) is 11.1 Å². The highest BCUT2D eigenvalue weighted by Gasteiger charge is 2.43. The quantitative estimate of drug-likeness (QED) is 0.845. The van der Waals surface area contributed by atoms with Crippen molar-refractivity contribution in [2.24, 2.45) is 0 Å². The first-order valence-corrected chi connectivity index (χ1v) is 6.49. The predicted octanol–water partition coefficient (Wildman–Crippen LogP) is 1.77. The molecule has 1 unspecified atom stereocenters. The van der Waals surface area contributed by atoms with Crippen molar-refractivity contribution in [2.45, 2.75) is 18.4 Å². The summed E-state index contributed by atoms with van der Waals surface area (Å²) in [5.74, 6) is -0.421. The third-order valence-electron chi connectivity index (χ3n) is 3.36. The molecule has 1 aromatic carbocycles. The number of methoxy groups -OCH3 is 1. The molecule has 5 heteroatoms. The molecular weight excluding hydrogens is 300 g/mol. The van der Waals surface area contributed by atoms with Gasteiger partial charge in [0.05, 0.1) is 20.3 Å². The molecule has 0 saturated carbocycles. The Kier molecular flexibility index (Phi) is 4.04. The molecule has 0 amide bonds. The van der Waals surface area contributed by atoms with Crippen molar-refractivity contribution in [1.29, 1.82) is 0 Å². The number of carbonyl (C=O) groups excluding carboxylic acids is 1. The molecule has 2 rings (SSSR count). The molecule has 1 aromatic rings. The molecule has 1 N–H and O–H groups in total. The number of carbonyl (C=O) groups is 1. The van der Waals surface area contributed by atoms with Gasteiger partial charge < -0.3 is 14.6 Å². The summed E-state index contributed by atoms with van der Waals surface area (Å²) in [5, 5.41) is 9.73. The summed E-state index contributed by atoms with van der Waals surface area (Å²) in [6.07, 6.45) is 0.416. The van der Waals surface area contributed by atoms with E-state index in [1.54, 1.807) is 0 Å². The van der Waals surface area contributed by atoms with E-state index in [0.29, 0.717) is 19.6 Å². The summed E-state index contributed by atoms with van der Waals surface area (Å²) in [6.45, 7) is 0.579. The lowest BCUT2D eigenvalue weighted by Gasteiger charge is -2.29. The van der Waals surface area contributed by atoms with Crippen LogP contribution in [0.4, 0.5) is 0 Å². The number of aliphatic hydroxyl groups excluding tert-OH is 1. The number of esters is 1. The molecule has 18 heavy (non-hydrogen) atoms. The number of halogens is 1. The second-order valence-corrected chi connectivity index (χ2v) is 5.25. The van der Waals surface area contributed by atoms with Crippen LogP contribution in [-0.2, 0) is 26.3 Å². The lowest BCUT2D eigenvalue weighted by molar-refractivity contribution is -0.150. The zero-order valence-electron chi connectivity index (χ0n) is 10.1. The fourth-order valence-electron chi connectivity index (χ4n) is 2.32. The Balaban J connectivity index is 2.60. The van der Waals surface area contributed by atoms with Gasteiger partial charge in [-0.2, -0.15) is 0 Å². The van der Waals surface area contributed by atoms with E-state index in [2.05, 4.69) is 15.9 Å². The van der Waals surface area contributed by atoms with Crippen molar-refractivity contribution in [2.75, 3.05) is 20.3 Å². The minimum Gasteiger partial charge on any atom is -0.468 e. The van der Waals surface area contributed by atoms with E-state index in [4.69, 9.17) is 9.47 Å². The average Bonchev–Trinajstić information content (AvgIpc) is 2.57. The van der Waals surface area contributed by atoms with Crippen molar-refractivity contribution in [1.82, 2.24) is 0 Å². The van der Waals surface area contributed by atoms with Crippen LogP contribution in [0.25, 0.3) is 0 Å². The number of hydrogen-bond donors (Lipinski definition) is 1. The standard InChI is InChI=1S/C13H15BrO4/c1-17-12(16)13(8-15)4-5-18-7-9-2-3-10(14)6-11(9)13/h2-3,6,15H,4-5,7-8H2,1H3. The fourth-order valence-corrected chi connectivity index (χ4v) is 2.68. The third-order valence-corrected chi connectivity index (χ3v) is 3.86. The van der Waals surface area contributed by atoms with Crippen LogP contribution in [-0.4, -0.2) is 31.4 Å². The number of hydrogen-bond acceptors (Lipinski definition) is 4. The number of fused-ring (bicyclic) bond motifs is 1. The predicted molar refractivity (Wildman–Crippen MR) is 69.2 cm³/mol. The lowest BCUT2D eigenvalue weighted by Crippen LogP contribution is -2.41. The Morgan fingerprint density at radius 3 is 3.06 bits per heavy atom. The summed E-state index contributed by atoms with van der Waals surface area (Å²) >= 11 is 3.39. The van der Waals surface area contributed by atoms with Crippen molar-refractivity contribution >= 4 is 21.9 Å². The SMILES string of the molecule is COC(=O)C1(CO)CCOCc2ccc(Br)cc21. The second kappa shape index (κ2) is 5.38. The Morgan fingerprint density at radius 2 is 2.39 bits per heavy atom. The maximum Gasteiger partial charge on any atom is 0.318 e. The summed E-state index contributed by atoms with van der Waals surface area (Å²) in [5.41, 5.74) is 0.670. The smallest absolute Gasteiger partial charge is 0.318 e. The van der Waals surface area contributed by atoms with Crippen molar-refractivity contribution in [3.05, 3.63) is 33.8 Å². The maximum absolute atomic E-state index is 12.1. The molecule has 1 aliphatic rings. The summed E-state index contributed by atoms with van der Waals surface area (Å²) in [7, 11) is 1.34. The molecule has 0 aliphatic carbocycles. The van der Waals surface area contributed by atoms with E-state index in [0.717, 1.165) is 15.6 Å². The van der Waals surface area contributed by atoms with Crippen LogP contribution in [0.2, 0.25) is 0 Å². The molecule has 0 aromatic heterocycles. The van der Waals surface area contributed by atoms with Crippen molar-refractivity contribution in [3.63, 3.8) is 0 Å². The molecular formula is C13H15BrO4. The van der Waals surface area contributed by atoms with Gasteiger partial charge in [-0.25, -0.2) is 0 Å².